The summed E-state index contributed by atoms with van der Waals surface area (Å²) in [5.41, 5.74) is 0. The van der Waals surface area contributed by atoms with Gasteiger partial charge in [-0.15, -0.1) is 5.92 Å². The van der Waals surface area contributed by atoms with E-state index in [1.54, 1.807) is 0 Å². The van der Waals surface area contributed by atoms with Crippen molar-refractivity contribution in [3.05, 3.63) is 0 Å². The molecule has 0 spiro atoms. The Hall–Kier alpha value is -0.703. The predicted molar refractivity (Wildman–Crippen MR) is 92.1 cm³/mol. The second kappa shape index (κ2) is 10.1. The highest BCUT2D eigenvalue weighted by atomic mass is 28.4. The highest BCUT2D eigenvalue weighted by Crippen LogP contribution is 2.36. The first-order valence-electron chi connectivity index (χ1n) is 7.86. The Labute approximate surface area is 128 Å². The normalized spacial score (nSPS) is 11.3. The standard InChI is InChI=1S/C18H32OSi/c1-7-8-9-10-11-12-13-14-15-16-17-19-20(5,6)18(2,3)4/h7-10,13,16-17H2,1-6H3. The van der Waals surface area contributed by atoms with Crippen LogP contribution in [0.1, 0.15) is 66.2 Å². The molecule has 0 aromatic rings. The number of rotatable bonds is 6. The zero-order valence-corrected chi connectivity index (χ0v) is 15.4. The summed E-state index contributed by atoms with van der Waals surface area (Å²) in [5.74, 6) is 12.6. The molecule has 0 N–H and O–H groups in total. The summed E-state index contributed by atoms with van der Waals surface area (Å²) < 4.78 is 6.07. The van der Waals surface area contributed by atoms with Gasteiger partial charge in [0.15, 0.2) is 8.32 Å². The van der Waals surface area contributed by atoms with Crippen LogP contribution in [0.25, 0.3) is 0 Å². The van der Waals surface area contributed by atoms with Crippen LogP contribution in [0.5, 0.6) is 0 Å². The molecule has 0 atom stereocenters. The molecule has 0 aromatic carbocycles. The van der Waals surface area contributed by atoms with Gasteiger partial charge in [-0.2, -0.15) is 0 Å². The molecule has 0 aromatic heterocycles. The van der Waals surface area contributed by atoms with E-state index < -0.39 is 8.32 Å². The summed E-state index contributed by atoms with van der Waals surface area (Å²) in [4.78, 5) is 0. The van der Waals surface area contributed by atoms with Gasteiger partial charge >= 0.3 is 0 Å². The summed E-state index contributed by atoms with van der Waals surface area (Å²) in [6.45, 7) is 14.3. The number of hydrogen-bond donors (Lipinski definition) is 0. The van der Waals surface area contributed by atoms with E-state index in [-0.39, 0.29) is 5.04 Å². The minimum absolute atomic E-state index is 0.282. The SMILES string of the molecule is CCCCCC#CCC#CCCO[Si](C)(C)C(C)(C)C. The second-order valence-electron chi connectivity index (χ2n) is 6.70. The lowest BCUT2D eigenvalue weighted by Crippen LogP contribution is -2.40. The minimum atomic E-state index is -1.59. The van der Waals surface area contributed by atoms with Crippen LogP contribution in [-0.2, 0) is 4.43 Å². The molecule has 0 saturated heterocycles. The molecule has 0 saturated carbocycles. The molecule has 0 fully saturated rings. The van der Waals surface area contributed by atoms with E-state index in [2.05, 4.69) is 64.5 Å². The molecule has 0 amide bonds. The van der Waals surface area contributed by atoms with Crippen molar-refractivity contribution in [3.8, 4) is 23.7 Å². The molecule has 0 aliphatic carbocycles. The molecule has 0 radical (unpaired) electrons. The van der Waals surface area contributed by atoms with Gasteiger partial charge in [-0.1, -0.05) is 58.3 Å². The molecule has 0 rings (SSSR count). The Morgan fingerprint density at radius 2 is 1.50 bits per heavy atom. The van der Waals surface area contributed by atoms with Crippen molar-refractivity contribution in [2.24, 2.45) is 0 Å². The van der Waals surface area contributed by atoms with Gasteiger partial charge in [0.25, 0.3) is 0 Å². The predicted octanol–water partition coefficient (Wildman–Crippen LogP) is 5.38. The Kier molecular flexibility index (Phi) is 9.73. The quantitative estimate of drug-likeness (QED) is 0.363. The van der Waals surface area contributed by atoms with Crippen molar-refractivity contribution in [3.63, 3.8) is 0 Å². The first-order chi connectivity index (χ1) is 9.31. The third-order valence-electron chi connectivity index (χ3n) is 3.83. The maximum absolute atomic E-state index is 6.07. The van der Waals surface area contributed by atoms with Crippen LogP contribution < -0.4 is 0 Å². The smallest absolute Gasteiger partial charge is 0.192 e. The molecule has 0 bridgehead atoms. The summed E-state index contributed by atoms with van der Waals surface area (Å²) in [6.07, 6.45) is 6.30. The van der Waals surface area contributed by atoms with Crippen LogP contribution in [0.4, 0.5) is 0 Å². The Morgan fingerprint density at radius 3 is 2.05 bits per heavy atom. The summed E-state index contributed by atoms with van der Waals surface area (Å²) in [7, 11) is -1.59. The van der Waals surface area contributed by atoms with E-state index in [1.165, 1.54) is 19.3 Å². The molecule has 0 unspecified atom stereocenters. The van der Waals surface area contributed by atoms with E-state index in [0.29, 0.717) is 6.42 Å². The van der Waals surface area contributed by atoms with Crippen molar-refractivity contribution in [1.29, 1.82) is 0 Å². The van der Waals surface area contributed by atoms with Gasteiger partial charge in [-0.25, -0.2) is 0 Å². The van der Waals surface area contributed by atoms with Crippen molar-refractivity contribution < 1.29 is 4.43 Å². The van der Waals surface area contributed by atoms with Crippen molar-refractivity contribution >= 4 is 8.32 Å². The average Bonchev–Trinajstić information content (AvgIpc) is 2.34. The largest absolute Gasteiger partial charge is 0.416 e. The van der Waals surface area contributed by atoms with Crippen LogP contribution >= 0.6 is 0 Å². The molecular weight excluding hydrogens is 260 g/mol. The summed E-state index contributed by atoms with van der Waals surface area (Å²) in [6, 6.07) is 0. The Morgan fingerprint density at radius 1 is 0.900 bits per heavy atom. The Bertz CT molecular complexity index is 368. The van der Waals surface area contributed by atoms with Crippen molar-refractivity contribution in [1.82, 2.24) is 0 Å². The van der Waals surface area contributed by atoms with Gasteiger partial charge in [0.1, 0.15) is 0 Å². The third-order valence-corrected chi connectivity index (χ3v) is 8.37. The van der Waals surface area contributed by atoms with E-state index in [4.69, 9.17) is 4.43 Å². The van der Waals surface area contributed by atoms with E-state index in [1.807, 2.05) is 0 Å². The number of unbranched alkanes of at least 4 members (excludes halogenated alkanes) is 3. The van der Waals surface area contributed by atoms with Gasteiger partial charge in [0, 0.05) is 19.4 Å². The lowest BCUT2D eigenvalue weighted by atomic mass is 10.2. The number of hydrogen-bond acceptors (Lipinski definition) is 1. The first-order valence-corrected chi connectivity index (χ1v) is 10.8. The van der Waals surface area contributed by atoms with Crippen molar-refractivity contribution in [2.75, 3.05) is 6.61 Å². The van der Waals surface area contributed by atoms with E-state index in [9.17, 15) is 0 Å². The summed E-state index contributed by atoms with van der Waals surface area (Å²) in [5, 5.41) is 0.282. The molecule has 1 nitrogen and oxygen atoms in total. The Balaban J connectivity index is 3.74. The molecule has 2 heteroatoms. The minimum Gasteiger partial charge on any atom is -0.416 e. The van der Waals surface area contributed by atoms with E-state index >= 15 is 0 Å². The molecule has 0 aliphatic rings. The zero-order valence-electron chi connectivity index (χ0n) is 14.4. The highest BCUT2D eigenvalue weighted by molar-refractivity contribution is 6.74. The van der Waals surface area contributed by atoms with Gasteiger partial charge in [-0.3, -0.25) is 0 Å². The van der Waals surface area contributed by atoms with Crippen molar-refractivity contribution in [2.45, 2.75) is 84.4 Å². The maximum atomic E-state index is 6.07. The van der Waals surface area contributed by atoms with Crippen LogP contribution in [0.2, 0.25) is 18.1 Å². The topological polar surface area (TPSA) is 9.23 Å². The first kappa shape index (κ1) is 19.3. The van der Waals surface area contributed by atoms with Crippen LogP contribution in [0.3, 0.4) is 0 Å². The van der Waals surface area contributed by atoms with Gasteiger partial charge in [0.2, 0.25) is 0 Å². The average molecular weight is 293 g/mol. The maximum Gasteiger partial charge on any atom is 0.192 e. The fraction of sp³-hybridized carbons (Fsp3) is 0.778. The fourth-order valence-electron chi connectivity index (χ4n) is 1.38. The van der Waals surface area contributed by atoms with Gasteiger partial charge < -0.3 is 4.43 Å². The van der Waals surface area contributed by atoms with Gasteiger partial charge in [-0.05, 0) is 24.6 Å². The third kappa shape index (κ3) is 9.24. The van der Waals surface area contributed by atoms with Crippen LogP contribution in [-0.4, -0.2) is 14.9 Å². The monoisotopic (exact) mass is 292 g/mol. The molecule has 0 heterocycles. The highest BCUT2D eigenvalue weighted by Gasteiger charge is 2.36. The van der Waals surface area contributed by atoms with E-state index in [0.717, 1.165) is 19.4 Å². The second-order valence-corrected chi connectivity index (χ2v) is 11.5. The zero-order chi connectivity index (χ0) is 15.5. The molecular formula is C18H32OSi. The lowest BCUT2D eigenvalue weighted by Gasteiger charge is -2.35. The van der Waals surface area contributed by atoms with Crippen LogP contribution in [0.15, 0.2) is 0 Å². The lowest BCUT2D eigenvalue weighted by molar-refractivity contribution is 0.296. The van der Waals surface area contributed by atoms with Crippen LogP contribution in [0, 0.1) is 23.7 Å². The fourth-order valence-corrected chi connectivity index (χ4v) is 2.43. The molecule has 114 valence electrons. The van der Waals surface area contributed by atoms with Gasteiger partial charge in [0.05, 0.1) is 6.42 Å². The summed E-state index contributed by atoms with van der Waals surface area (Å²) >= 11 is 0. The molecule has 20 heavy (non-hydrogen) atoms. The molecule has 0 aliphatic heterocycles.